The summed E-state index contributed by atoms with van der Waals surface area (Å²) in [5.41, 5.74) is 4.57. The summed E-state index contributed by atoms with van der Waals surface area (Å²) in [5.74, 6) is 1.59. The van der Waals surface area contributed by atoms with Crippen molar-refractivity contribution in [3.05, 3.63) is 23.8 Å². The highest BCUT2D eigenvalue weighted by Crippen LogP contribution is 2.30. The molecule has 1 aromatic rings. The number of hydrogen-bond acceptors (Lipinski definition) is 5. The van der Waals surface area contributed by atoms with Gasteiger partial charge in [0, 0.05) is 38.3 Å². The van der Waals surface area contributed by atoms with Gasteiger partial charge in [-0.2, -0.15) is 0 Å². The van der Waals surface area contributed by atoms with Crippen molar-refractivity contribution < 1.29 is 9.47 Å². The van der Waals surface area contributed by atoms with Gasteiger partial charge in [0.15, 0.2) is 11.5 Å². The van der Waals surface area contributed by atoms with Crippen molar-refractivity contribution in [3.8, 4) is 11.5 Å². The maximum Gasteiger partial charge on any atom is 0.165 e. The van der Waals surface area contributed by atoms with Gasteiger partial charge in [-0.3, -0.25) is 5.43 Å². The van der Waals surface area contributed by atoms with Crippen LogP contribution in [0.1, 0.15) is 5.56 Å². The Morgan fingerprint density at radius 2 is 1.84 bits per heavy atom. The number of benzene rings is 1. The van der Waals surface area contributed by atoms with Crippen LogP contribution in [0.15, 0.2) is 18.2 Å². The van der Waals surface area contributed by atoms with Gasteiger partial charge in [-0.05, 0) is 13.1 Å². The van der Waals surface area contributed by atoms with E-state index < -0.39 is 0 Å². The fraction of sp³-hybridized carbons (Fsp3) is 0.571. The van der Waals surface area contributed by atoms with Crippen LogP contribution in [0.25, 0.3) is 0 Å². The Bertz CT molecular complexity index is 404. The molecular formula is C14H23N3O2. The smallest absolute Gasteiger partial charge is 0.165 e. The third-order valence-electron chi connectivity index (χ3n) is 3.48. The molecule has 1 aliphatic heterocycles. The number of rotatable bonds is 5. The van der Waals surface area contributed by atoms with Gasteiger partial charge in [-0.25, -0.2) is 5.01 Å². The molecule has 106 valence electrons. The fourth-order valence-corrected chi connectivity index (χ4v) is 2.25. The summed E-state index contributed by atoms with van der Waals surface area (Å²) in [6, 6.07) is 5.96. The van der Waals surface area contributed by atoms with Crippen LogP contribution in [0.5, 0.6) is 11.5 Å². The zero-order valence-corrected chi connectivity index (χ0v) is 12.0. The minimum atomic E-state index is 0.754. The van der Waals surface area contributed by atoms with Crippen LogP contribution in [-0.2, 0) is 6.54 Å². The number of ether oxygens (including phenoxy) is 2. The molecule has 0 bridgehead atoms. The number of methoxy groups -OCH3 is 2. The minimum Gasteiger partial charge on any atom is -0.493 e. The summed E-state index contributed by atoms with van der Waals surface area (Å²) in [7, 11) is 5.50. The molecule has 0 saturated carbocycles. The first-order valence-corrected chi connectivity index (χ1v) is 6.61. The number of para-hydroxylation sites is 1. The van der Waals surface area contributed by atoms with Crippen molar-refractivity contribution in [2.45, 2.75) is 6.54 Å². The Kier molecular flexibility index (Phi) is 5.01. The lowest BCUT2D eigenvalue weighted by Crippen LogP contribution is -2.50. The topological polar surface area (TPSA) is 37.0 Å². The SMILES string of the molecule is COc1cccc(CNN2CCN(C)CC2)c1OC. The summed E-state index contributed by atoms with van der Waals surface area (Å²) in [5, 5.41) is 2.26. The first-order chi connectivity index (χ1) is 9.24. The highest BCUT2D eigenvalue weighted by molar-refractivity contribution is 5.46. The Labute approximate surface area is 115 Å². The standard InChI is InChI=1S/C14H23N3O2/c1-16-7-9-17(10-8-16)15-11-12-5-4-6-13(18-2)14(12)19-3/h4-6,15H,7-11H2,1-3H3. The normalized spacial score (nSPS) is 17.4. The second kappa shape index (κ2) is 6.75. The molecule has 0 spiro atoms. The lowest BCUT2D eigenvalue weighted by molar-refractivity contribution is 0.102. The van der Waals surface area contributed by atoms with Gasteiger partial charge < -0.3 is 14.4 Å². The average molecular weight is 265 g/mol. The number of nitrogens with zero attached hydrogens (tertiary/aromatic N) is 2. The van der Waals surface area contributed by atoms with E-state index in [4.69, 9.17) is 9.47 Å². The molecule has 0 atom stereocenters. The van der Waals surface area contributed by atoms with Crippen molar-refractivity contribution in [1.29, 1.82) is 0 Å². The molecule has 5 nitrogen and oxygen atoms in total. The Morgan fingerprint density at radius 3 is 2.47 bits per heavy atom. The zero-order valence-electron chi connectivity index (χ0n) is 12.0. The van der Waals surface area contributed by atoms with E-state index in [0.717, 1.165) is 49.8 Å². The third kappa shape index (κ3) is 3.59. The molecule has 0 aliphatic carbocycles. The predicted molar refractivity (Wildman–Crippen MR) is 75.5 cm³/mol. The second-order valence-corrected chi connectivity index (χ2v) is 4.78. The van der Waals surface area contributed by atoms with Crippen molar-refractivity contribution in [2.24, 2.45) is 0 Å². The van der Waals surface area contributed by atoms with E-state index in [-0.39, 0.29) is 0 Å². The van der Waals surface area contributed by atoms with Gasteiger partial charge in [0.1, 0.15) is 0 Å². The van der Waals surface area contributed by atoms with Gasteiger partial charge in [-0.1, -0.05) is 12.1 Å². The molecule has 2 rings (SSSR count). The molecule has 0 amide bonds. The van der Waals surface area contributed by atoms with Crippen LogP contribution in [0.3, 0.4) is 0 Å². The van der Waals surface area contributed by atoms with E-state index in [9.17, 15) is 0 Å². The van der Waals surface area contributed by atoms with E-state index in [1.54, 1.807) is 14.2 Å². The summed E-state index contributed by atoms with van der Waals surface area (Å²) in [6.07, 6.45) is 0. The van der Waals surface area contributed by atoms with E-state index in [1.165, 1.54) is 0 Å². The van der Waals surface area contributed by atoms with Crippen molar-refractivity contribution in [2.75, 3.05) is 47.4 Å². The third-order valence-corrected chi connectivity index (χ3v) is 3.48. The first kappa shape index (κ1) is 14.1. The van der Waals surface area contributed by atoms with Gasteiger partial charge in [0.05, 0.1) is 14.2 Å². The van der Waals surface area contributed by atoms with Crippen LogP contribution in [0, 0.1) is 0 Å². The van der Waals surface area contributed by atoms with Crippen molar-refractivity contribution in [3.63, 3.8) is 0 Å². The molecule has 5 heteroatoms. The van der Waals surface area contributed by atoms with Crippen LogP contribution >= 0.6 is 0 Å². The average Bonchev–Trinajstić information content (AvgIpc) is 2.46. The fourth-order valence-electron chi connectivity index (χ4n) is 2.25. The molecule has 1 heterocycles. The van der Waals surface area contributed by atoms with Gasteiger partial charge >= 0.3 is 0 Å². The zero-order chi connectivity index (χ0) is 13.7. The van der Waals surface area contributed by atoms with Gasteiger partial charge in [-0.15, -0.1) is 0 Å². The maximum atomic E-state index is 5.43. The summed E-state index contributed by atoms with van der Waals surface area (Å²) in [6.45, 7) is 5.04. The second-order valence-electron chi connectivity index (χ2n) is 4.78. The Balaban J connectivity index is 1.95. The van der Waals surface area contributed by atoms with Crippen molar-refractivity contribution in [1.82, 2.24) is 15.3 Å². The van der Waals surface area contributed by atoms with E-state index >= 15 is 0 Å². The quantitative estimate of drug-likeness (QED) is 0.858. The number of nitrogens with one attached hydrogen (secondary N) is 1. The summed E-state index contributed by atoms with van der Waals surface area (Å²) >= 11 is 0. The monoisotopic (exact) mass is 265 g/mol. The van der Waals surface area contributed by atoms with Crippen LogP contribution < -0.4 is 14.9 Å². The molecule has 1 aromatic carbocycles. The number of hydrazine groups is 1. The molecule has 19 heavy (non-hydrogen) atoms. The highest BCUT2D eigenvalue weighted by Gasteiger charge is 2.14. The highest BCUT2D eigenvalue weighted by atomic mass is 16.5. The van der Waals surface area contributed by atoms with E-state index in [0.29, 0.717) is 0 Å². The number of piperazine rings is 1. The maximum absolute atomic E-state index is 5.43. The summed E-state index contributed by atoms with van der Waals surface area (Å²) in [4.78, 5) is 2.34. The lowest BCUT2D eigenvalue weighted by Gasteiger charge is -2.32. The van der Waals surface area contributed by atoms with E-state index in [1.807, 2.05) is 12.1 Å². The largest absolute Gasteiger partial charge is 0.493 e. The van der Waals surface area contributed by atoms with Crippen LogP contribution in [-0.4, -0.2) is 57.4 Å². The van der Waals surface area contributed by atoms with E-state index in [2.05, 4.69) is 28.4 Å². The molecular weight excluding hydrogens is 242 g/mol. The first-order valence-electron chi connectivity index (χ1n) is 6.61. The van der Waals surface area contributed by atoms with Crippen molar-refractivity contribution >= 4 is 0 Å². The Morgan fingerprint density at radius 1 is 1.11 bits per heavy atom. The molecule has 1 aliphatic rings. The summed E-state index contributed by atoms with van der Waals surface area (Å²) < 4.78 is 10.7. The lowest BCUT2D eigenvalue weighted by atomic mass is 10.2. The van der Waals surface area contributed by atoms with Gasteiger partial charge in [0.25, 0.3) is 0 Å². The van der Waals surface area contributed by atoms with Crippen LogP contribution in [0.4, 0.5) is 0 Å². The molecule has 1 saturated heterocycles. The predicted octanol–water partition coefficient (Wildman–Crippen LogP) is 0.956. The number of likely N-dealkylation sites (N-methyl/N-ethyl adjacent to an activating group) is 1. The molecule has 1 fully saturated rings. The van der Waals surface area contributed by atoms with Gasteiger partial charge in [0.2, 0.25) is 0 Å². The minimum absolute atomic E-state index is 0.754. The van der Waals surface area contributed by atoms with Crippen LogP contribution in [0.2, 0.25) is 0 Å². The Hall–Kier alpha value is -1.30. The molecule has 0 radical (unpaired) electrons. The molecule has 0 unspecified atom stereocenters. The number of hydrogen-bond donors (Lipinski definition) is 1. The molecule has 0 aromatic heterocycles. The molecule has 1 N–H and O–H groups in total.